The number of carbonyl (C=O) groups excluding carboxylic acids is 2. The van der Waals surface area contributed by atoms with Gasteiger partial charge in [0.1, 0.15) is 10.3 Å². The first-order valence-electron chi connectivity index (χ1n) is 7.65. The average Bonchev–Trinajstić information content (AvgIpc) is 3.03. The van der Waals surface area contributed by atoms with E-state index < -0.39 is 62.4 Å². The number of hydrogen-bond acceptors (Lipinski definition) is 6. The quantitative estimate of drug-likeness (QED) is 0.576. The molecule has 2 saturated carbocycles. The molecule has 3 aliphatic rings. The number of fused-ring (bicyclic) bond motifs is 3. The van der Waals surface area contributed by atoms with Gasteiger partial charge in [0, 0.05) is 12.8 Å². The number of alkyl halides is 3. The Morgan fingerprint density at radius 2 is 1.92 bits per heavy atom. The summed E-state index contributed by atoms with van der Waals surface area (Å²) in [6, 6.07) is 0. The molecule has 3 rings (SSSR count). The summed E-state index contributed by atoms with van der Waals surface area (Å²) in [5.41, 5.74) is -0.817. The van der Waals surface area contributed by atoms with Crippen LogP contribution in [0.25, 0.3) is 0 Å². The second-order valence-corrected chi connectivity index (χ2v) is 9.53. The lowest BCUT2D eigenvalue weighted by Crippen LogP contribution is -2.54. The largest absolute Gasteiger partial charge is 0.459 e. The normalized spacial score (nSPS) is 35.6. The zero-order valence-corrected chi connectivity index (χ0v) is 14.2. The first-order valence-corrected chi connectivity index (χ1v) is 9.09. The zero-order chi connectivity index (χ0) is 19.0. The van der Waals surface area contributed by atoms with Crippen LogP contribution < -0.4 is 0 Å². The molecule has 7 nitrogen and oxygen atoms in total. The molecular formula is C14H17F3O7S. The summed E-state index contributed by atoms with van der Waals surface area (Å²) in [4.78, 5) is 24.0. The molecular weight excluding hydrogens is 369 g/mol. The Labute approximate surface area is 141 Å². The lowest BCUT2D eigenvalue weighted by molar-refractivity contribution is -0.231. The molecule has 5 atom stereocenters. The van der Waals surface area contributed by atoms with E-state index in [-0.39, 0.29) is 6.42 Å². The Morgan fingerprint density at radius 3 is 2.40 bits per heavy atom. The van der Waals surface area contributed by atoms with Crippen LogP contribution in [0.15, 0.2) is 0 Å². The predicted molar refractivity (Wildman–Crippen MR) is 74.7 cm³/mol. The van der Waals surface area contributed by atoms with E-state index >= 15 is 0 Å². The van der Waals surface area contributed by atoms with Crippen molar-refractivity contribution in [2.45, 2.75) is 55.7 Å². The van der Waals surface area contributed by atoms with Crippen LogP contribution in [0, 0.1) is 17.8 Å². The van der Waals surface area contributed by atoms with Crippen LogP contribution >= 0.6 is 0 Å². The van der Waals surface area contributed by atoms with Crippen LogP contribution in [-0.4, -0.2) is 47.5 Å². The highest BCUT2D eigenvalue weighted by Gasteiger charge is 2.68. The van der Waals surface area contributed by atoms with Gasteiger partial charge in [0.15, 0.2) is 0 Å². The van der Waals surface area contributed by atoms with Crippen molar-refractivity contribution >= 4 is 22.1 Å². The molecule has 0 aromatic rings. The van der Waals surface area contributed by atoms with Gasteiger partial charge in [0.25, 0.3) is 10.1 Å². The first-order chi connectivity index (χ1) is 11.2. The molecule has 0 aromatic heterocycles. The third kappa shape index (κ3) is 2.71. The summed E-state index contributed by atoms with van der Waals surface area (Å²) in [6.07, 6.45) is -7.33. The Morgan fingerprint density at radius 1 is 1.32 bits per heavy atom. The van der Waals surface area contributed by atoms with Gasteiger partial charge in [0.05, 0.1) is 11.8 Å². The van der Waals surface area contributed by atoms with Gasteiger partial charge in [0.2, 0.25) is 6.10 Å². The molecule has 5 unspecified atom stereocenters. The number of carbonyl (C=O) groups is 2. The lowest BCUT2D eigenvalue weighted by atomic mass is 9.81. The molecule has 3 bridgehead atoms. The molecule has 142 valence electrons. The van der Waals surface area contributed by atoms with Gasteiger partial charge in [-0.05, 0) is 26.2 Å². The van der Waals surface area contributed by atoms with E-state index in [1.807, 2.05) is 0 Å². The highest BCUT2D eigenvalue weighted by Crippen LogP contribution is 2.61. The summed E-state index contributed by atoms with van der Waals surface area (Å²) in [7, 11) is -5.16. The van der Waals surface area contributed by atoms with Crippen molar-refractivity contribution < 1.29 is 45.2 Å². The maximum absolute atomic E-state index is 13.3. The molecule has 1 heterocycles. The van der Waals surface area contributed by atoms with Crippen LogP contribution in [-0.2, 0) is 29.2 Å². The summed E-state index contributed by atoms with van der Waals surface area (Å²) in [6.45, 7) is 1.26. The Balaban J connectivity index is 1.82. The smallest absolute Gasteiger partial charge is 0.427 e. The maximum Gasteiger partial charge on any atom is 0.427 e. The van der Waals surface area contributed by atoms with Crippen molar-refractivity contribution in [3.8, 4) is 0 Å². The molecule has 1 saturated heterocycles. The van der Waals surface area contributed by atoms with Gasteiger partial charge in [-0.15, -0.1) is 0 Å². The van der Waals surface area contributed by atoms with Crippen molar-refractivity contribution in [3.05, 3.63) is 0 Å². The molecule has 11 heteroatoms. The number of rotatable bonds is 4. The fourth-order valence-corrected chi connectivity index (χ4v) is 4.67. The van der Waals surface area contributed by atoms with E-state index in [4.69, 9.17) is 9.29 Å². The van der Waals surface area contributed by atoms with E-state index in [9.17, 15) is 31.2 Å². The molecule has 0 radical (unpaired) electrons. The van der Waals surface area contributed by atoms with Gasteiger partial charge in [-0.2, -0.15) is 21.6 Å². The summed E-state index contributed by atoms with van der Waals surface area (Å²) in [5.74, 6) is -3.65. The van der Waals surface area contributed by atoms with Crippen molar-refractivity contribution in [1.82, 2.24) is 0 Å². The van der Waals surface area contributed by atoms with Crippen LogP contribution in [0.1, 0.15) is 33.1 Å². The topological polar surface area (TPSA) is 107 Å². The van der Waals surface area contributed by atoms with Gasteiger partial charge in [-0.25, -0.2) is 0 Å². The minimum absolute atomic E-state index is 0.0651. The molecule has 1 spiro atoms. The van der Waals surface area contributed by atoms with E-state index in [0.717, 1.165) is 0 Å². The average molecular weight is 386 g/mol. The number of halogens is 3. The number of hydrogen-bond donors (Lipinski definition) is 1. The predicted octanol–water partition coefficient (Wildman–Crippen LogP) is 1.47. The fraction of sp³-hybridized carbons (Fsp3) is 0.857. The van der Waals surface area contributed by atoms with Crippen LogP contribution in [0.3, 0.4) is 0 Å². The van der Waals surface area contributed by atoms with Gasteiger partial charge < -0.3 is 9.47 Å². The van der Waals surface area contributed by atoms with Crippen LogP contribution in [0.2, 0.25) is 0 Å². The number of ether oxygens (including phenoxy) is 2. The molecule has 25 heavy (non-hydrogen) atoms. The Kier molecular flexibility index (Phi) is 3.75. The lowest BCUT2D eigenvalue weighted by Gasteiger charge is -2.33. The second kappa shape index (κ2) is 5.09. The molecule has 1 N–H and O–H groups in total. The molecule has 0 aromatic carbocycles. The monoisotopic (exact) mass is 386 g/mol. The summed E-state index contributed by atoms with van der Waals surface area (Å²) >= 11 is 0. The zero-order valence-electron chi connectivity index (χ0n) is 13.4. The van der Waals surface area contributed by atoms with Crippen molar-refractivity contribution in [3.63, 3.8) is 0 Å². The van der Waals surface area contributed by atoms with E-state index in [1.54, 1.807) is 0 Å². The summed E-state index contributed by atoms with van der Waals surface area (Å²) in [5, 5.41) is 0. The van der Waals surface area contributed by atoms with Crippen LogP contribution in [0.4, 0.5) is 13.2 Å². The minimum atomic E-state index is -5.20. The minimum Gasteiger partial charge on any atom is -0.459 e. The van der Waals surface area contributed by atoms with Gasteiger partial charge in [-0.1, -0.05) is 0 Å². The van der Waals surface area contributed by atoms with Crippen molar-refractivity contribution in [1.29, 1.82) is 0 Å². The van der Waals surface area contributed by atoms with Gasteiger partial charge >= 0.3 is 18.1 Å². The van der Waals surface area contributed by atoms with Gasteiger partial charge in [-0.3, -0.25) is 14.1 Å². The SMILES string of the molecule is CC(C)(C(OC(=O)C1CC23CC(C(=O)O2)C1C3)C(F)(F)F)S(=O)(=O)O. The van der Waals surface area contributed by atoms with Crippen LogP contribution in [0.5, 0.6) is 0 Å². The third-order valence-electron chi connectivity index (χ3n) is 5.58. The fourth-order valence-electron chi connectivity index (χ4n) is 4.22. The second-order valence-electron chi connectivity index (χ2n) is 7.53. The summed E-state index contributed by atoms with van der Waals surface area (Å²) < 4.78 is 78.6. The third-order valence-corrected chi connectivity index (χ3v) is 7.12. The molecule has 1 aliphatic heterocycles. The van der Waals surface area contributed by atoms with E-state index in [0.29, 0.717) is 26.7 Å². The highest BCUT2D eigenvalue weighted by atomic mass is 32.2. The Bertz CT molecular complexity index is 729. The van der Waals surface area contributed by atoms with Crippen molar-refractivity contribution in [2.75, 3.05) is 0 Å². The standard InChI is InChI=1S/C14H17F3O7S/c1-12(2,25(20,21)22)11(14(15,16)17)23-9(18)7-4-13-3-6(7)8(5-13)10(19)24-13/h6-8,11H,3-5H2,1-2H3,(H,20,21,22). The van der Waals surface area contributed by atoms with E-state index in [2.05, 4.69) is 4.74 Å². The molecule has 3 fully saturated rings. The molecule has 0 amide bonds. The Hall–Kier alpha value is -1.36. The maximum atomic E-state index is 13.3. The number of esters is 2. The van der Waals surface area contributed by atoms with E-state index in [1.165, 1.54) is 0 Å². The highest BCUT2D eigenvalue weighted by molar-refractivity contribution is 7.87. The first kappa shape index (κ1) is 18.4. The molecule has 2 aliphatic carbocycles. The van der Waals surface area contributed by atoms with Crippen molar-refractivity contribution in [2.24, 2.45) is 17.8 Å².